The van der Waals surface area contributed by atoms with E-state index in [0.717, 1.165) is 44.1 Å². The van der Waals surface area contributed by atoms with Crippen LogP contribution in [0.25, 0.3) is 0 Å². The Balaban J connectivity index is 1.83. The fourth-order valence-corrected chi connectivity index (χ4v) is 2.92. The molecular weight excluding hydrogens is 250 g/mol. The molecule has 1 N–H and O–H groups in total. The zero-order valence-electron chi connectivity index (χ0n) is 13.2. The van der Waals surface area contributed by atoms with Gasteiger partial charge in [-0.05, 0) is 58.6 Å². The van der Waals surface area contributed by atoms with Crippen molar-refractivity contribution < 1.29 is 4.42 Å². The van der Waals surface area contributed by atoms with Gasteiger partial charge in [-0.25, -0.2) is 0 Å². The van der Waals surface area contributed by atoms with E-state index in [1.165, 1.54) is 19.4 Å². The Morgan fingerprint density at radius 1 is 1.35 bits per heavy atom. The van der Waals surface area contributed by atoms with Crippen molar-refractivity contribution in [3.63, 3.8) is 0 Å². The fourth-order valence-electron chi connectivity index (χ4n) is 2.92. The molecule has 1 aromatic heterocycles. The van der Waals surface area contributed by atoms with Crippen LogP contribution in [0.4, 0.5) is 0 Å². The van der Waals surface area contributed by atoms with Crippen LogP contribution in [0.3, 0.4) is 0 Å². The van der Waals surface area contributed by atoms with Gasteiger partial charge in [-0.2, -0.15) is 0 Å². The van der Waals surface area contributed by atoms with Crippen molar-refractivity contribution in [2.45, 2.75) is 45.3 Å². The zero-order valence-corrected chi connectivity index (χ0v) is 13.2. The van der Waals surface area contributed by atoms with Gasteiger partial charge in [0.2, 0.25) is 0 Å². The highest BCUT2D eigenvalue weighted by molar-refractivity contribution is 5.07. The zero-order chi connectivity index (χ0) is 14.4. The monoisotopic (exact) mass is 279 g/mol. The average Bonchev–Trinajstić information content (AvgIpc) is 3.00. The molecule has 0 aliphatic carbocycles. The highest BCUT2D eigenvalue weighted by Gasteiger charge is 2.25. The maximum absolute atomic E-state index is 5.93. The molecule has 1 unspecified atom stereocenters. The van der Waals surface area contributed by atoms with Crippen molar-refractivity contribution >= 4 is 0 Å². The van der Waals surface area contributed by atoms with Crippen LogP contribution in [-0.4, -0.2) is 49.6 Å². The van der Waals surface area contributed by atoms with E-state index < -0.39 is 0 Å². The number of rotatable bonds is 8. The molecule has 0 saturated carbocycles. The largest absolute Gasteiger partial charge is 0.463 e. The number of nitrogens with one attached hydrogen (secondary N) is 1. The molecule has 1 atom stereocenters. The molecule has 0 spiro atoms. The van der Waals surface area contributed by atoms with Gasteiger partial charge in [0.15, 0.2) is 0 Å². The molecule has 20 heavy (non-hydrogen) atoms. The van der Waals surface area contributed by atoms with Gasteiger partial charge in [-0.3, -0.25) is 4.90 Å². The van der Waals surface area contributed by atoms with Crippen molar-refractivity contribution in [1.29, 1.82) is 0 Å². The molecule has 0 bridgehead atoms. The van der Waals surface area contributed by atoms with Gasteiger partial charge >= 0.3 is 0 Å². The minimum Gasteiger partial charge on any atom is -0.463 e. The van der Waals surface area contributed by atoms with E-state index in [0.29, 0.717) is 6.04 Å². The number of nitrogens with zero attached hydrogens (tertiary/aromatic N) is 2. The lowest BCUT2D eigenvalue weighted by Gasteiger charge is -2.26. The second kappa shape index (κ2) is 7.81. The summed E-state index contributed by atoms with van der Waals surface area (Å²) in [7, 11) is 4.31. The molecule has 2 heterocycles. The van der Waals surface area contributed by atoms with Gasteiger partial charge in [0, 0.05) is 12.6 Å². The van der Waals surface area contributed by atoms with Crippen LogP contribution in [0.5, 0.6) is 0 Å². The number of likely N-dealkylation sites (tertiary alicyclic amines) is 1. The molecule has 2 rings (SSSR count). The molecule has 1 aromatic rings. The summed E-state index contributed by atoms with van der Waals surface area (Å²) in [5, 5.41) is 3.38. The van der Waals surface area contributed by atoms with E-state index in [2.05, 4.69) is 48.3 Å². The molecule has 0 amide bonds. The van der Waals surface area contributed by atoms with Crippen molar-refractivity contribution in [2.24, 2.45) is 0 Å². The molecule has 1 aliphatic rings. The second-order valence-corrected chi connectivity index (χ2v) is 6.07. The molecule has 114 valence electrons. The van der Waals surface area contributed by atoms with Crippen LogP contribution in [0, 0.1) is 0 Å². The summed E-state index contributed by atoms with van der Waals surface area (Å²) in [6.45, 7) is 7.36. The van der Waals surface area contributed by atoms with Crippen LogP contribution in [0.2, 0.25) is 0 Å². The second-order valence-electron chi connectivity index (χ2n) is 6.07. The molecular formula is C16H29N3O. The number of hydrogen-bond donors (Lipinski definition) is 1. The van der Waals surface area contributed by atoms with E-state index in [1.54, 1.807) is 0 Å². The minimum absolute atomic E-state index is 0.678. The Bertz CT molecular complexity index is 389. The van der Waals surface area contributed by atoms with E-state index in [9.17, 15) is 0 Å². The average molecular weight is 279 g/mol. The lowest BCUT2D eigenvalue weighted by Crippen LogP contribution is -2.36. The third-order valence-electron chi connectivity index (χ3n) is 3.88. The third-order valence-corrected chi connectivity index (χ3v) is 3.88. The highest BCUT2D eigenvalue weighted by Crippen LogP contribution is 2.21. The molecule has 4 nitrogen and oxygen atoms in total. The van der Waals surface area contributed by atoms with Crippen LogP contribution in [0.15, 0.2) is 16.5 Å². The van der Waals surface area contributed by atoms with Crippen molar-refractivity contribution in [3.05, 3.63) is 23.7 Å². The smallest absolute Gasteiger partial charge is 0.118 e. The summed E-state index contributed by atoms with van der Waals surface area (Å²) in [6, 6.07) is 4.92. The SMILES string of the molecule is CCCNCc1ccc(CN2CCCC2CN(C)C)o1. The summed E-state index contributed by atoms with van der Waals surface area (Å²) < 4.78 is 5.93. The number of hydrogen-bond acceptors (Lipinski definition) is 4. The first-order valence-electron chi connectivity index (χ1n) is 7.86. The summed E-state index contributed by atoms with van der Waals surface area (Å²) >= 11 is 0. The standard InChI is InChI=1S/C16H29N3O/c1-4-9-17-11-15-7-8-16(20-15)13-19-10-5-6-14(19)12-18(2)3/h7-8,14,17H,4-6,9-13H2,1-3H3. The van der Waals surface area contributed by atoms with Crippen LogP contribution in [-0.2, 0) is 13.1 Å². The Labute approximate surface area is 123 Å². The van der Waals surface area contributed by atoms with Crippen molar-refractivity contribution in [3.8, 4) is 0 Å². The predicted octanol–water partition coefficient (Wildman–Crippen LogP) is 2.31. The number of furan rings is 1. The lowest BCUT2D eigenvalue weighted by molar-refractivity contribution is 0.187. The van der Waals surface area contributed by atoms with Gasteiger partial charge < -0.3 is 14.6 Å². The van der Waals surface area contributed by atoms with Crippen LogP contribution in [0.1, 0.15) is 37.7 Å². The third kappa shape index (κ3) is 4.62. The molecule has 0 aromatic carbocycles. The molecule has 1 saturated heterocycles. The summed E-state index contributed by atoms with van der Waals surface area (Å²) in [4.78, 5) is 4.84. The van der Waals surface area contributed by atoms with E-state index in [4.69, 9.17) is 4.42 Å². The van der Waals surface area contributed by atoms with E-state index in [-0.39, 0.29) is 0 Å². The molecule has 1 aliphatic heterocycles. The molecule has 1 fully saturated rings. The maximum Gasteiger partial charge on any atom is 0.118 e. The van der Waals surface area contributed by atoms with Gasteiger partial charge in [0.1, 0.15) is 11.5 Å². The van der Waals surface area contributed by atoms with Crippen molar-refractivity contribution in [2.75, 3.05) is 33.7 Å². The quantitative estimate of drug-likeness (QED) is 0.740. The minimum atomic E-state index is 0.678. The van der Waals surface area contributed by atoms with Crippen molar-refractivity contribution in [1.82, 2.24) is 15.1 Å². The van der Waals surface area contributed by atoms with Gasteiger partial charge in [0.05, 0.1) is 13.1 Å². The predicted molar refractivity (Wildman–Crippen MR) is 82.7 cm³/mol. The highest BCUT2D eigenvalue weighted by atomic mass is 16.3. The first kappa shape index (κ1) is 15.5. The Morgan fingerprint density at radius 2 is 2.15 bits per heavy atom. The number of likely N-dealkylation sites (N-methyl/N-ethyl adjacent to an activating group) is 1. The first-order chi connectivity index (χ1) is 9.69. The summed E-state index contributed by atoms with van der Waals surface area (Å²) in [5.74, 6) is 2.15. The van der Waals surface area contributed by atoms with Gasteiger partial charge in [-0.15, -0.1) is 0 Å². The fraction of sp³-hybridized carbons (Fsp3) is 0.750. The summed E-state index contributed by atoms with van der Waals surface area (Å²) in [6.07, 6.45) is 3.78. The normalized spacial score (nSPS) is 20.1. The molecule has 0 radical (unpaired) electrons. The van der Waals surface area contributed by atoms with Gasteiger partial charge in [0.25, 0.3) is 0 Å². The van der Waals surface area contributed by atoms with E-state index >= 15 is 0 Å². The Hall–Kier alpha value is -0.840. The lowest BCUT2D eigenvalue weighted by atomic mass is 10.2. The van der Waals surface area contributed by atoms with Crippen LogP contribution < -0.4 is 5.32 Å². The maximum atomic E-state index is 5.93. The van der Waals surface area contributed by atoms with E-state index in [1.807, 2.05) is 0 Å². The van der Waals surface area contributed by atoms with Crippen LogP contribution >= 0.6 is 0 Å². The Morgan fingerprint density at radius 3 is 2.90 bits per heavy atom. The van der Waals surface area contributed by atoms with Gasteiger partial charge in [-0.1, -0.05) is 6.92 Å². The molecule has 4 heteroatoms. The first-order valence-corrected chi connectivity index (χ1v) is 7.86. The topological polar surface area (TPSA) is 31.6 Å². The Kier molecular flexibility index (Phi) is 6.07. The summed E-state index contributed by atoms with van der Waals surface area (Å²) in [5.41, 5.74) is 0.